The van der Waals surface area contributed by atoms with Gasteiger partial charge in [0.25, 0.3) is 0 Å². The van der Waals surface area contributed by atoms with Crippen LogP contribution >= 0.6 is 0 Å². The minimum Gasteiger partial charge on any atom is -0.366 e. The lowest BCUT2D eigenvalue weighted by molar-refractivity contribution is 0.100. The average molecular weight is 301 g/mol. The molecule has 23 heavy (non-hydrogen) atoms. The van der Waals surface area contributed by atoms with Crippen molar-refractivity contribution < 1.29 is 4.79 Å². The lowest BCUT2D eigenvalue weighted by atomic mass is 10.1. The Bertz CT molecular complexity index is 901. The van der Waals surface area contributed by atoms with E-state index in [4.69, 9.17) is 5.73 Å². The first kappa shape index (κ1) is 14.7. The summed E-state index contributed by atoms with van der Waals surface area (Å²) in [6.07, 6.45) is 3.52. The maximum Gasteiger partial charge on any atom is 0.248 e. The molecule has 0 aliphatic heterocycles. The Balaban J connectivity index is 0.000000140. The Morgan fingerprint density at radius 1 is 0.739 bits per heavy atom. The van der Waals surface area contributed by atoms with Crippen LogP contribution in [0.1, 0.15) is 10.4 Å². The normalized spacial score (nSPS) is 10.1. The number of amides is 1. The van der Waals surface area contributed by atoms with Crippen molar-refractivity contribution in [2.45, 2.75) is 0 Å². The summed E-state index contributed by atoms with van der Waals surface area (Å²) in [5.41, 5.74) is 7.59. The molecule has 0 saturated carbocycles. The van der Waals surface area contributed by atoms with E-state index in [1.54, 1.807) is 24.4 Å². The van der Waals surface area contributed by atoms with Gasteiger partial charge in [0.1, 0.15) is 0 Å². The molecule has 0 bridgehead atoms. The predicted molar refractivity (Wildman–Crippen MR) is 92.0 cm³/mol. The second-order valence-corrected chi connectivity index (χ2v) is 4.97. The molecule has 0 unspecified atom stereocenters. The summed E-state index contributed by atoms with van der Waals surface area (Å²) in [5, 5.41) is 2.13. The second-order valence-electron chi connectivity index (χ2n) is 4.97. The number of aromatic nitrogens is 2. The first-order valence-corrected chi connectivity index (χ1v) is 7.18. The van der Waals surface area contributed by atoms with Crippen molar-refractivity contribution in [1.82, 2.24) is 9.97 Å². The summed E-state index contributed by atoms with van der Waals surface area (Å²) in [4.78, 5) is 19.2. The van der Waals surface area contributed by atoms with E-state index in [9.17, 15) is 4.79 Å². The van der Waals surface area contributed by atoms with Gasteiger partial charge in [-0.3, -0.25) is 14.8 Å². The fourth-order valence-electron chi connectivity index (χ4n) is 2.24. The summed E-state index contributed by atoms with van der Waals surface area (Å²) >= 11 is 0. The first-order chi connectivity index (χ1) is 11.2. The van der Waals surface area contributed by atoms with Crippen LogP contribution in [0.15, 0.2) is 79.1 Å². The maximum absolute atomic E-state index is 10.8. The smallest absolute Gasteiger partial charge is 0.248 e. The molecule has 4 rings (SSSR count). The Kier molecular flexibility index (Phi) is 4.25. The van der Waals surface area contributed by atoms with Crippen molar-refractivity contribution in [2.24, 2.45) is 5.73 Å². The van der Waals surface area contributed by atoms with Crippen molar-refractivity contribution in [2.75, 3.05) is 0 Å². The summed E-state index contributed by atoms with van der Waals surface area (Å²) in [6, 6.07) is 21.0. The molecule has 2 aromatic heterocycles. The number of carbonyl (C=O) groups excluding carboxylic acids is 1. The number of hydrogen-bond donors (Lipinski definition) is 1. The van der Waals surface area contributed by atoms with Crippen LogP contribution in [0.5, 0.6) is 0 Å². The van der Waals surface area contributed by atoms with E-state index in [1.165, 1.54) is 5.39 Å². The standard InChI is InChI=1S/C10H8N2O.C9H7N/c11-10(13)8-3-4-9-7(6-8)2-1-5-12-9;1-2-6-9-8(4-1)5-3-7-10-9/h1-6H,(H2,11,13);1-7H. The lowest BCUT2D eigenvalue weighted by Crippen LogP contribution is -2.10. The SMILES string of the molecule is NC(=O)c1ccc2ncccc2c1.c1ccc2ncccc2c1. The molecule has 0 fully saturated rings. The summed E-state index contributed by atoms with van der Waals surface area (Å²) in [7, 11) is 0. The highest BCUT2D eigenvalue weighted by Gasteiger charge is 2.00. The monoisotopic (exact) mass is 301 g/mol. The molecular formula is C19H15N3O. The number of nitrogens with two attached hydrogens (primary N) is 1. The number of primary amides is 1. The number of fused-ring (bicyclic) bond motifs is 2. The van der Waals surface area contributed by atoms with E-state index in [-0.39, 0.29) is 0 Å². The third-order valence-corrected chi connectivity index (χ3v) is 3.40. The van der Waals surface area contributed by atoms with Crippen LogP contribution < -0.4 is 5.73 Å². The minimum atomic E-state index is -0.411. The van der Waals surface area contributed by atoms with E-state index in [0.29, 0.717) is 5.56 Å². The number of nitrogens with zero attached hydrogens (tertiary/aromatic N) is 2. The maximum atomic E-state index is 10.8. The molecule has 0 spiro atoms. The van der Waals surface area contributed by atoms with Gasteiger partial charge in [-0.05, 0) is 36.4 Å². The van der Waals surface area contributed by atoms with Gasteiger partial charge in [-0.2, -0.15) is 0 Å². The number of hydrogen-bond acceptors (Lipinski definition) is 3. The zero-order valence-corrected chi connectivity index (χ0v) is 12.4. The number of pyridine rings is 2. The van der Waals surface area contributed by atoms with Crippen molar-refractivity contribution in [3.8, 4) is 0 Å². The van der Waals surface area contributed by atoms with Crippen molar-refractivity contribution in [1.29, 1.82) is 0 Å². The Morgan fingerprint density at radius 2 is 1.35 bits per heavy atom. The van der Waals surface area contributed by atoms with Crippen LogP contribution in [-0.2, 0) is 0 Å². The van der Waals surface area contributed by atoms with Crippen LogP contribution in [0.4, 0.5) is 0 Å². The fourth-order valence-corrected chi connectivity index (χ4v) is 2.24. The van der Waals surface area contributed by atoms with Gasteiger partial charge in [-0.25, -0.2) is 0 Å². The Labute approximate surface area is 133 Å². The predicted octanol–water partition coefficient (Wildman–Crippen LogP) is 3.57. The van der Waals surface area contributed by atoms with Crippen molar-refractivity contribution in [3.63, 3.8) is 0 Å². The molecule has 0 radical (unpaired) electrons. The third-order valence-electron chi connectivity index (χ3n) is 3.40. The van der Waals surface area contributed by atoms with Crippen LogP contribution in [0.2, 0.25) is 0 Å². The molecule has 0 atom stereocenters. The molecule has 0 saturated heterocycles. The van der Waals surface area contributed by atoms with Gasteiger partial charge in [-0.1, -0.05) is 30.3 Å². The highest BCUT2D eigenvalue weighted by molar-refractivity contribution is 5.96. The minimum absolute atomic E-state index is 0.411. The van der Waals surface area contributed by atoms with Gasteiger partial charge in [0, 0.05) is 28.7 Å². The highest BCUT2D eigenvalue weighted by Crippen LogP contribution is 2.12. The topological polar surface area (TPSA) is 68.9 Å². The highest BCUT2D eigenvalue weighted by atomic mass is 16.1. The lowest BCUT2D eigenvalue weighted by Gasteiger charge is -1.98. The van der Waals surface area contributed by atoms with E-state index in [0.717, 1.165) is 16.4 Å². The van der Waals surface area contributed by atoms with Gasteiger partial charge < -0.3 is 5.73 Å². The van der Waals surface area contributed by atoms with Gasteiger partial charge in [-0.15, -0.1) is 0 Å². The van der Waals surface area contributed by atoms with E-state index >= 15 is 0 Å². The van der Waals surface area contributed by atoms with E-state index in [2.05, 4.69) is 22.1 Å². The zero-order valence-electron chi connectivity index (χ0n) is 12.4. The molecule has 0 aliphatic rings. The summed E-state index contributed by atoms with van der Waals surface area (Å²) in [5.74, 6) is -0.411. The van der Waals surface area contributed by atoms with E-state index < -0.39 is 5.91 Å². The third kappa shape index (κ3) is 3.49. The van der Waals surface area contributed by atoms with Gasteiger partial charge in [0.05, 0.1) is 11.0 Å². The van der Waals surface area contributed by atoms with Gasteiger partial charge in [0.15, 0.2) is 0 Å². The molecule has 4 aromatic rings. The average Bonchev–Trinajstić information content (AvgIpc) is 2.62. The molecular weight excluding hydrogens is 286 g/mol. The van der Waals surface area contributed by atoms with Gasteiger partial charge >= 0.3 is 0 Å². The molecule has 2 heterocycles. The molecule has 1 amide bonds. The van der Waals surface area contributed by atoms with Crippen LogP contribution in [0.3, 0.4) is 0 Å². The molecule has 4 heteroatoms. The van der Waals surface area contributed by atoms with Crippen LogP contribution in [0.25, 0.3) is 21.8 Å². The Morgan fingerprint density at radius 3 is 2.04 bits per heavy atom. The zero-order chi connectivity index (χ0) is 16.1. The molecule has 0 aliphatic carbocycles. The number of carbonyl (C=O) groups is 1. The Hall–Kier alpha value is -3.27. The van der Waals surface area contributed by atoms with Crippen molar-refractivity contribution >= 4 is 27.7 Å². The number of benzene rings is 2. The first-order valence-electron chi connectivity index (χ1n) is 7.18. The molecule has 2 N–H and O–H groups in total. The van der Waals surface area contributed by atoms with Crippen molar-refractivity contribution in [3.05, 3.63) is 84.7 Å². The van der Waals surface area contributed by atoms with Gasteiger partial charge in [0.2, 0.25) is 5.91 Å². The number of para-hydroxylation sites is 1. The fraction of sp³-hybridized carbons (Fsp3) is 0. The van der Waals surface area contributed by atoms with Crippen LogP contribution in [0, 0.1) is 0 Å². The number of rotatable bonds is 1. The van der Waals surface area contributed by atoms with E-state index in [1.807, 2.05) is 42.6 Å². The molecule has 112 valence electrons. The molecule has 4 nitrogen and oxygen atoms in total. The summed E-state index contributed by atoms with van der Waals surface area (Å²) in [6.45, 7) is 0. The quantitative estimate of drug-likeness (QED) is 0.584. The largest absolute Gasteiger partial charge is 0.366 e. The second kappa shape index (κ2) is 6.66. The summed E-state index contributed by atoms with van der Waals surface area (Å²) < 4.78 is 0. The molecule has 2 aromatic carbocycles. The van der Waals surface area contributed by atoms with Crippen LogP contribution in [-0.4, -0.2) is 15.9 Å².